The average molecular weight is 257 g/mol. The molecular weight excluding hydrogens is 242 g/mol. The number of ether oxygens (including phenoxy) is 1. The summed E-state index contributed by atoms with van der Waals surface area (Å²) in [6, 6.07) is 9.64. The molecule has 0 unspecified atom stereocenters. The normalized spacial score (nSPS) is 11.7. The molecule has 0 saturated carbocycles. The van der Waals surface area contributed by atoms with Crippen LogP contribution in [0.25, 0.3) is 16.5 Å². The van der Waals surface area contributed by atoms with E-state index in [1.165, 1.54) is 6.08 Å². The fraction of sp³-hybridized carbons (Fsp3) is 0.214. The molecule has 19 heavy (non-hydrogen) atoms. The van der Waals surface area contributed by atoms with Gasteiger partial charge in [-0.25, -0.2) is 4.79 Å². The zero-order valence-corrected chi connectivity index (χ0v) is 10.9. The topological polar surface area (TPSA) is 75.1 Å². The number of carbonyl (C=O) groups excluding carboxylic acids is 1. The molecule has 0 aliphatic rings. The third-order valence-electron chi connectivity index (χ3n) is 2.20. The second kappa shape index (κ2) is 7.74. The second-order valence-corrected chi connectivity index (χ2v) is 3.74. The molecule has 1 rings (SSSR count). The fourth-order valence-corrected chi connectivity index (χ4v) is 1.45. The van der Waals surface area contributed by atoms with Crippen molar-refractivity contribution in [2.45, 2.75) is 13.8 Å². The van der Waals surface area contributed by atoms with E-state index in [2.05, 4.69) is 10.0 Å². The Kier molecular flexibility index (Phi) is 5.92. The van der Waals surface area contributed by atoms with Gasteiger partial charge in [-0.2, -0.15) is 0 Å². The average Bonchev–Trinajstić information content (AvgIpc) is 2.39. The van der Waals surface area contributed by atoms with Crippen molar-refractivity contribution in [3.05, 3.63) is 63.7 Å². The zero-order chi connectivity index (χ0) is 14.1. The standard InChI is InChI=1S/C14H15N3O2/c1-3-19-14(18)13(16-17-15)10-11(2)9-12-7-5-4-6-8-12/h4-10H,3H2,1-2H3/b11-9+,13-10-. The monoisotopic (exact) mass is 257 g/mol. The molecule has 0 aliphatic carbocycles. The van der Waals surface area contributed by atoms with Crippen LogP contribution in [0.2, 0.25) is 0 Å². The number of esters is 1. The number of nitrogens with zero attached hydrogens (tertiary/aromatic N) is 3. The Hall–Kier alpha value is -2.52. The number of benzene rings is 1. The van der Waals surface area contributed by atoms with Gasteiger partial charge in [0.15, 0.2) is 0 Å². The van der Waals surface area contributed by atoms with Gasteiger partial charge >= 0.3 is 5.97 Å². The highest BCUT2D eigenvalue weighted by atomic mass is 16.5. The molecule has 1 aromatic carbocycles. The van der Waals surface area contributed by atoms with Crippen LogP contribution in [-0.4, -0.2) is 12.6 Å². The van der Waals surface area contributed by atoms with Crippen LogP contribution in [0.5, 0.6) is 0 Å². The van der Waals surface area contributed by atoms with Crippen molar-refractivity contribution in [3.8, 4) is 0 Å². The lowest BCUT2D eigenvalue weighted by molar-refractivity contribution is -0.138. The Morgan fingerprint density at radius 2 is 2.11 bits per heavy atom. The summed E-state index contributed by atoms with van der Waals surface area (Å²) in [5.41, 5.74) is 10.2. The molecule has 0 spiro atoms. The minimum atomic E-state index is -0.624. The van der Waals surface area contributed by atoms with Gasteiger partial charge in [-0.1, -0.05) is 41.5 Å². The van der Waals surface area contributed by atoms with E-state index in [0.717, 1.165) is 11.1 Å². The molecule has 0 atom stereocenters. The molecule has 0 radical (unpaired) electrons. The maximum atomic E-state index is 11.5. The molecule has 5 heteroatoms. The van der Waals surface area contributed by atoms with Gasteiger partial charge in [-0.15, -0.1) is 0 Å². The van der Waals surface area contributed by atoms with Crippen molar-refractivity contribution in [1.82, 2.24) is 0 Å². The van der Waals surface area contributed by atoms with Gasteiger partial charge in [0.05, 0.1) is 6.61 Å². The van der Waals surface area contributed by atoms with E-state index in [0.29, 0.717) is 0 Å². The molecule has 0 N–H and O–H groups in total. The minimum absolute atomic E-state index is 0.0472. The quantitative estimate of drug-likeness (QED) is 0.201. The van der Waals surface area contributed by atoms with Crippen LogP contribution in [0, 0.1) is 0 Å². The molecule has 0 amide bonds. The highest BCUT2D eigenvalue weighted by Gasteiger charge is 2.08. The Labute approximate surface area is 111 Å². The summed E-state index contributed by atoms with van der Waals surface area (Å²) >= 11 is 0. The highest BCUT2D eigenvalue weighted by molar-refractivity contribution is 5.88. The van der Waals surface area contributed by atoms with E-state index in [1.807, 2.05) is 43.3 Å². The first-order chi connectivity index (χ1) is 9.17. The molecule has 0 aliphatic heterocycles. The number of hydrogen-bond acceptors (Lipinski definition) is 3. The Morgan fingerprint density at radius 3 is 2.68 bits per heavy atom. The first-order valence-corrected chi connectivity index (χ1v) is 5.84. The van der Waals surface area contributed by atoms with Crippen molar-refractivity contribution >= 4 is 12.0 Å². The van der Waals surface area contributed by atoms with Crippen LogP contribution in [0.15, 0.2) is 52.8 Å². The van der Waals surface area contributed by atoms with E-state index in [1.54, 1.807) is 6.92 Å². The van der Waals surface area contributed by atoms with E-state index in [-0.39, 0.29) is 12.3 Å². The predicted octanol–water partition coefficient (Wildman–Crippen LogP) is 3.85. The smallest absolute Gasteiger partial charge is 0.340 e. The SMILES string of the molecule is CCOC(=O)/C(=C/C(C)=C/c1ccccc1)N=[N+]=[N-]. The number of azide groups is 1. The van der Waals surface area contributed by atoms with Crippen molar-refractivity contribution in [3.63, 3.8) is 0 Å². The van der Waals surface area contributed by atoms with E-state index in [4.69, 9.17) is 10.3 Å². The first-order valence-electron chi connectivity index (χ1n) is 5.84. The summed E-state index contributed by atoms with van der Waals surface area (Å²) < 4.78 is 4.81. The zero-order valence-electron chi connectivity index (χ0n) is 10.9. The van der Waals surface area contributed by atoms with Crippen molar-refractivity contribution in [2.75, 3.05) is 6.61 Å². The fourth-order valence-electron chi connectivity index (χ4n) is 1.45. The van der Waals surface area contributed by atoms with E-state index >= 15 is 0 Å². The van der Waals surface area contributed by atoms with E-state index in [9.17, 15) is 4.79 Å². The Morgan fingerprint density at radius 1 is 1.42 bits per heavy atom. The molecule has 5 nitrogen and oxygen atoms in total. The number of carbonyl (C=O) groups is 1. The largest absolute Gasteiger partial charge is 0.462 e. The molecular formula is C14H15N3O2. The second-order valence-electron chi connectivity index (χ2n) is 3.74. The number of allylic oxidation sites excluding steroid dienone is 2. The van der Waals surface area contributed by atoms with Gasteiger partial charge in [-0.3, -0.25) is 0 Å². The third kappa shape index (κ3) is 5.10. The maximum absolute atomic E-state index is 11.5. The van der Waals surface area contributed by atoms with Crippen molar-refractivity contribution < 1.29 is 9.53 Å². The maximum Gasteiger partial charge on any atom is 0.340 e. The first kappa shape index (κ1) is 14.5. The lowest BCUT2D eigenvalue weighted by Crippen LogP contribution is -2.05. The highest BCUT2D eigenvalue weighted by Crippen LogP contribution is 2.11. The number of rotatable bonds is 5. The van der Waals surface area contributed by atoms with Gasteiger partial charge in [0.25, 0.3) is 0 Å². The number of hydrogen-bond donors (Lipinski definition) is 0. The van der Waals surface area contributed by atoms with Crippen LogP contribution >= 0.6 is 0 Å². The van der Waals surface area contributed by atoms with Gasteiger partial charge in [0.2, 0.25) is 0 Å². The predicted molar refractivity (Wildman–Crippen MR) is 74.0 cm³/mol. The summed E-state index contributed by atoms with van der Waals surface area (Å²) in [7, 11) is 0. The minimum Gasteiger partial charge on any atom is -0.462 e. The van der Waals surface area contributed by atoms with Crippen LogP contribution in [0.3, 0.4) is 0 Å². The molecule has 0 aromatic heterocycles. The Bertz CT molecular complexity index is 541. The van der Waals surface area contributed by atoms with Crippen molar-refractivity contribution in [1.29, 1.82) is 0 Å². The molecule has 0 saturated heterocycles. The lowest BCUT2D eigenvalue weighted by atomic mass is 10.1. The van der Waals surface area contributed by atoms with Crippen LogP contribution in [0.4, 0.5) is 0 Å². The summed E-state index contributed by atoms with van der Waals surface area (Å²) in [5, 5.41) is 3.35. The Balaban J connectivity index is 2.98. The van der Waals surface area contributed by atoms with Gasteiger partial charge in [0.1, 0.15) is 5.70 Å². The van der Waals surface area contributed by atoms with Crippen LogP contribution in [-0.2, 0) is 9.53 Å². The summed E-state index contributed by atoms with van der Waals surface area (Å²) in [4.78, 5) is 14.2. The molecule has 1 aromatic rings. The summed E-state index contributed by atoms with van der Waals surface area (Å²) in [6.45, 7) is 3.75. The molecule has 98 valence electrons. The third-order valence-corrected chi connectivity index (χ3v) is 2.20. The van der Waals surface area contributed by atoms with Crippen molar-refractivity contribution in [2.24, 2.45) is 5.11 Å². The van der Waals surface area contributed by atoms with Gasteiger partial charge in [0, 0.05) is 4.91 Å². The van der Waals surface area contributed by atoms with Crippen LogP contribution < -0.4 is 0 Å². The van der Waals surface area contributed by atoms with Crippen LogP contribution in [0.1, 0.15) is 19.4 Å². The van der Waals surface area contributed by atoms with Gasteiger partial charge < -0.3 is 4.74 Å². The lowest BCUT2D eigenvalue weighted by Gasteiger charge is -2.01. The van der Waals surface area contributed by atoms with E-state index < -0.39 is 5.97 Å². The van der Waals surface area contributed by atoms with Gasteiger partial charge in [-0.05, 0) is 36.6 Å². The summed E-state index contributed by atoms with van der Waals surface area (Å²) in [6.07, 6.45) is 3.39. The summed E-state index contributed by atoms with van der Waals surface area (Å²) in [5.74, 6) is -0.624. The molecule has 0 heterocycles. The molecule has 0 bridgehead atoms. The molecule has 0 fully saturated rings.